The largest absolute Gasteiger partial charge is 0.493 e. The molecule has 2 fully saturated rings. The van der Waals surface area contributed by atoms with Gasteiger partial charge in [-0.1, -0.05) is 12.1 Å². The number of hydrogen-bond donors (Lipinski definition) is 0. The minimum atomic E-state index is 0.0657. The van der Waals surface area contributed by atoms with Crippen LogP contribution < -0.4 is 14.4 Å². The number of piperazine rings is 1. The zero-order chi connectivity index (χ0) is 23.9. The molecule has 3 heterocycles. The number of carbonyl (C=O) groups is 1. The second-order valence-electron chi connectivity index (χ2n) is 9.10. The summed E-state index contributed by atoms with van der Waals surface area (Å²) in [6, 6.07) is 9.80. The quantitative estimate of drug-likeness (QED) is 0.558. The highest BCUT2D eigenvalue weighted by Crippen LogP contribution is 2.34. The minimum absolute atomic E-state index is 0.0657. The molecule has 0 radical (unpaired) electrons. The first-order valence-electron chi connectivity index (χ1n) is 12.2. The van der Waals surface area contributed by atoms with E-state index in [1.807, 2.05) is 35.4 Å². The molecular formula is C27H36N4O3. The lowest BCUT2D eigenvalue weighted by atomic mass is 9.96. The maximum Gasteiger partial charge on any atom is 0.254 e. The van der Waals surface area contributed by atoms with Crippen molar-refractivity contribution in [2.45, 2.75) is 19.3 Å². The molecule has 2 aliphatic heterocycles. The normalized spacial score (nSPS) is 19.1. The summed E-state index contributed by atoms with van der Waals surface area (Å²) in [7, 11) is 3.23. The van der Waals surface area contributed by atoms with Gasteiger partial charge in [-0.3, -0.25) is 9.69 Å². The molecule has 1 aromatic carbocycles. The van der Waals surface area contributed by atoms with E-state index >= 15 is 0 Å². The highest BCUT2D eigenvalue weighted by atomic mass is 16.5. The van der Waals surface area contributed by atoms with Crippen LogP contribution in [0.4, 0.5) is 5.82 Å². The second kappa shape index (κ2) is 11.4. The monoisotopic (exact) mass is 464 g/mol. The summed E-state index contributed by atoms with van der Waals surface area (Å²) >= 11 is 0. The highest BCUT2D eigenvalue weighted by Gasteiger charge is 2.28. The van der Waals surface area contributed by atoms with Gasteiger partial charge in [-0.25, -0.2) is 4.98 Å². The van der Waals surface area contributed by atoms with Gasteiger partial charge in [0.2, 0.25) is 0 Å². The maximum atomic E-state index is 13.4. The van der Waals surface area contributed by atoms with Crippen LogP contribution in [-0.4, -0.2) is 80.7 Å². The Morgan fingerprint density at radius 1 is 1.15 bits per heavy atom. The molecule has 0 N–H and O–H groups in total. The van der Waals surface area contributed by atoms with Crippen LogP contribution in [0.2, 0.25) is 0 Å². The number of benzene rings is 1. The van der Waals surface area contributed by atoms with Crippen LogP contribution in [0, 0.1) is 5.92 Å². The fourth-order valence-electron chi connectivity index (χ4n) is 5.12. The molecule has 2 saturated heterocycles. The first kappa shape index (κ1) is 24.1. The summed E-state index contributed by atoms with van der Waals surface area (Å²) in [6.45, 7) is 10.5. The Labute approximate surface area is 203 Å². The van der Waals surface area contributed by atoms with Crippen molar-refractivity contribution >= 4 is 11.7 Å². The molecular weight excluding hydrogens is 428 g/mol. The lowest BCUT2D eigenvalue weighted by Gasteiger charge is -2.39. The fourth-order valence-corrected chi connectivity index (χ4v) is 5.12. The van der Waals surface area contributed by atoms with Gasteiger partial charge in [-0.2, -0.15) is 0 Å². The maximum absolute atomic E-state index is 13.4. The Morgan fingerprint density at radius 3 is 2.65 bits per heavy atom. The number of ether oxygens (including phenoxy) is 2. The molecule has 2 aromatic rings. The van der Waals surface area contributed by atoms with Crippen molar-refractivity contribution in [2.75, 3.05) is 64.9 Å². The Bertz CT molecular complexity index is 973. The van der Waals surface area contributed by atoms with Crippen molar-refractivity contribution in [3.8, 4) is 11.5 Å². The number of aromatic nitrogens is 1. The van der Waals surface area contributed by atoms with E-state index in [-0.39, 0.29) is 5.91 Å². The first-order valence-corrected chi connectivity index (χ1v) is 12.2. The molecule has 0 spiro atoms. The van der Waals surface area contributed by atoms with Crippen molar-refractivity contribution in [3.63, 3.8) is 0 Å². The van der Waals surface area contributed by atoms with Crippen LogP contribution >= 0.6 is 0 Å². The molecule has 1 unspecified atom stereocenters. The number of anilines is 1. The molecule has 0 bridgehead atoms. The predicted molar refractivity (Wildman–Crippen MR) is 135 cm³/mol. The predicted octanol–water partition coefficient (Wildman–Crippen LogP) is 3.50. The molecule has 7 nitrogen and oxygen atoms in total. The van der Waals surface area contributed by atoms with Crippen molar-refractivity contribution in [1.29, 1.82) is 0 Å². The molecule has 2 aliphatic rings. The van der Waals surface area contributed by atoms with E-state index in [0.717, 1.165) is 70.0 Å². The summed E-state index contributed by atoms with van der Waals surface area (Å²) < 4.78 is 11.0. The van der Waals surface area contributed by atoms with Crippen LogP contribution in [0.1, 0.15) is 28.8 Å². The summed E-state index contributed by atoms with van der Waals surface area (Å²) in [5.41, 5.74) is 1.57. The van der Waals surface area contributed by atoms with Crippen LogP contribution in [0.15, 0.2) is 49.2 Å². The van der Waals surface area contributed by atoms with Crippen LogP contribution in [0.5, 0.6) is 11.5 Å². The SMILES string of the molecule is C=CCc1cc(C(=O)N2CCCC(CN3CCN(c4ccccn4)CC3)C2)cc(OC)c1OC. The van der Waals surface area contributed by atoms with E-state index in [9.17, 15) is 4.79 Å². The number of nitrogens with zero attached hydrogens (tertiary/aromatic N) is 4. The highest BCUT2D eigenvalue weighted by molar-refractivity contribution is 5.95. The van der Waals surface area contributed by atoms with E-state index in [4.69, 9.17) is 9.47 Å². The topological polar surface area (TPSA) is 58.1 Å². The summed E-state index contributed by atoms with van der Waals surface area (Å²) in [5, 5.41) is 0. The van der Waals surface area contributed by atoms with Crippen molar-refractivity contribution in [2.24, 2.45) is 5.92 Å². The van der Waals surface area contributed by atoms with Gasteiger partial charge in [-0.15, -0.1) is 6.58 Å². The molecule has 1 atom stereocenters. The molecule has 0 saturated carbocycles. The standard InChI is InChI=1S/C27H36N4O3/c1-4-8-22-17-23(18-24(33-2)26(22)34-3)27(32)31-12-7-9-21(20-31)19-29-13-15-30(16-14-29)25-10-5-6-11-28-25/h4-6,10-11,17-18,21H,1,7-9,12-16,19-20H2,2-3H3. The van der Waals surface area contributed by atoms with Gasteiger partial charge in [-0.05, 0) is 49.4 Å². The van der Waals surface area contributed by atoms with Crippen LogP contribution in [0.3, 0.4) is 0 Å². The number of rotatable bonds is 8. The smallest absolute Gasteiger partial charge is 0.254 e. The van der Waals surface area contributed by atoms with Gasteiger partial charge in [0.25, 0.3) is 5.91 Å². The average molecular weight is 465 g/mol. The number of hydrogen-bond acceptors (Lipinski definition) is 6. The summed E-state index contributed by atoms with van der Waals surface area (Å²) in [4.78, 5) is 24.8. The number of allylic oxidation sites excluding steroid dienone is 1. The lowest BCUT2D eigenvalue weighted by Crippen LogP contribution is -2.50. The zero-order valence-corrected chi connectivity index (χ0v) is 20.4. The molecule has 7 heteroatoms. The Balaban J connectivity index is 1.37. The van der Waals surface area contributed by atoms with Gasteiger partial charge in [0.05, 0.1) is 14.2 Å². The third-order valence-electron chi connectivity index (χ3n) is 6.84. The number of pyridine rings is 1. The molecule has 1 aromatic heterocycles. The van der Waals surface area contributed by atoms with Gasteiger partial charge < -0.3 is 19.3 Å². The van der Waals surface area contributed by atoms with E-state index in [0.29, 0.717) is 29.4 Å². The van der Waals surface area contributed by atoms with Crippen LogP contribution in [0.25, 0.3) is 0 Å². The van der Waals surface area contributed by atoms with E-state index in [1.54, 1.807) is 20.3 Å². The third-order valence-corrected chi connectivity index (χ3v) is 6.84. The van der Waals surface area contributed by atoms with Gasteiger partial charge >= 0.3 is 0 Å². The lowest BCUT2D eigenvalue weighted by molar-refractivity contribution is 0.0636. The van der Waals surface area contributed by atoms with E-state index in [1.165, 1.54) is 0 Å². The van der Waals surface area contributed by atoms with E-state index < -0.39 is 0 Å². The zero-order valence-electron chi connectivity index (χ0n) is 20.4. The summed E-state index contributed by atoms with van der Waals surface area (Å²) in [6.07, 6.45) is 6.49. The third kappa shape index (κ3) is 5.53. The van der Waals surface area contributed by atoms with E-state index in [2.05, 4.69) is 27.4 Å². The molecule has 34 heavy (non-hydrogen) atoms. The van der Waals surface area contributed by atoms with Crippen molar-refractivity contribution < 1.29 is 14.3 Å². The van der Waals surface area contributed by atoms with Crippen molar-refractivity contribution in [3.05, 3.63) is 60.3 Å². The molecule has 1 amide bonds. The first-order chi connectivity index (χ1) is 16.6. The fraction of sp³-hybridized carbons (Fsp3) is 0.481. The number of carbonyl (C=O) groups excluding carboxylic acids is 1. The Kier molecular flexibility index (Phi) is 8.06. The van der Waals surface area contributed by atoms with Gasteiger partial charge in [0.1, 0.15) is 5.82 Å². The summed E-state index contributed by atoms with van der Waals surface area (Å²) in [5.74, 6) is 2.87. The molecule has 4 rings (SSSR count). The number of methoxy groups -OCH3 is 2. The number of likely N-dealkylation sites (tertiary alicyclic amines) is 1. The second-order valence-corrected chi connectivity index (χ2v) is 9.10. The van der Waals surface area contributed by atoms with Crippen molar-refractivity contribution in [1.82, 2.24) is 14.8 Å². The molecule has 0 aliphatic carbocycles. The number of piperidine rings is 1. The Morgan fingerprint density at radius 2 is 1.97 bits per heavy atom. The van der Waals surface area contributed by atoms with Crippen LogP contribution in [-0.2, 0) is 6.42 Å². The van der Waals surface area contributed by atoms with Gasteiger partial charge in [0, 0.05) is 63.1 Å². The number of amides is 1. The van der Waals surface area contributed by atoms with Gasteiger partial charge in [0.15, 0.2) is 11.5 Å². The Hall–Kier alpha value is -3.06. The molecule has 182 valence electrons. The minimum Gasteiger partial charge on any atom is -0.493 e. The average Bonchev–Trinajstić information content (AvgIpc) is 2.89.